The summed E-state index contributed by atoms with van der Waals surface area (Å²) in [5, 5.41) is 3.28. The molecule has 0 saturated heterocycles. The van der Waals surface area contributed by atoms with Crippen LogP contribution in [0.1, 0.15) is 45.2 Å². The zero-order valence-electron chi connectivity index (χ0n) is 24.1. The Hall–Kier alpha value is -3.56. The van der Waals surface area contributed by atoms with E-state index in [1.165, 1.54) is 29.2 Å². The third-order valence-electron chi connectivity index (χ3n) is 6.40. The highest BCUT2D eigenvalue weighted by atomic mass is 35.5. The molecule has 0 spiro atoms. The van der Waals surface area contributed by atoms with Gasteiger partial charge in [0.05, 0.1) is 17.2 Å². The molecule has 2 amide bonds. The van der Waals surface area contributed by atoms with Crippen LogP contribution >= 0.6 is 11.6 Å². The van der Waals surface area contributed by atoms with Crippen LogP contribution in [0.5, 0.6) is 5.75 Å². The van der Waals surface area contributed by atoms with Gasteiger partial charge in [0.15, 0.2) is 0 Å². The van der Waals surface area contributed by atoms with E-state index in [0.29, 0.717) is 23.8 Å². The Labute approximate surface area is 248 Å². The maximum atomic E-state index is 14.2. The predicted molar refractivity (Wildman–Crippen MR) is 163 cm³/mol. The number of para-hydroxylation sites is 2. The Balaban J connectivity index is 2.11. The molecule has 0 aliphatic carbocycles. The van der Waals surface area contributed by atoms with E-state index < -0.39 is 28.5 Å². The number of carbonyl (C=O) groups excluding carboxylic acids is 2. The molecule has 3 aromatic carbocycles. The van der Waals surface area contributed by atoms with Crippen LogP contribution in [0, 0.1) is 6.92 Å². The van der Waals surface area contributed by atoms with Crippen LogP contribution in [-0.4, -0.2) is 50.4 Å². The van der Waals surface area contributed by atoms with Crippen molar-refractivity contribution in [2.45, 2.75) is 64.6 Å². The van der Waals surface area contributed by atoms with Crippen molar-refractivity contribution in [3.05, 3.63) is 88.9 Å². The van der Waals surface area contributed by atoms with E-state index in [2.05, 4.69) is 5.32 Å². The Bertz CT molecular complexity index is 1430. The Kier molecular flexibility index (Phi) is 11.2. The zero-order chi connectivity index (χ0) is 30.2. The first-order chi connectivity index (χ1) is 19.5. The third-order valence-corrected chi connectivity index (χ3v) is 8.43. The molecule has 220 valence electrons. The minimum Gasteiger partial charge on any atom is -0.492 e. The molecular weight excluding hydrogens is 562 g/mol. The van der Waals surface area contributed by atoms with E-state index >= 15 is 0 Å². The van der Waals surface area contributed by atoms with Crippen molar-refractivity contribution < 1.29 is 22.7 Å². The molecule has 0 saturated carbocycles. The van der Waals surface area contributed by atoms with Crippen molar-refractivity contribution in [3.8, 4) is 5.75 Å². The first-order valence-corrected chi connectivity index (χ1v) is 15.4. The van der Waals surface area contributed by atoms with Crippen LogP contribution in [0.15, 0.2) is 77.7 Å². The first-order valence-electron chi connectivity index (χ1n) is 13.6. The molecule has 0 aliphatic heterocycles. The van der Waals surface area contributed by atoms with Gasteiger partial charge in [0.25, 0.3) is 10.0 Å². The monoisotopic (exact) mass is 599 g/mol. The molecule has 3 rings (SSSR count). The lowest BCUT2D eigenvalue weighted by molar-refractivity contribution is -0.140. The summed E-state index contributed by atoms with van der Waals surface area (Å²) in [5.41, 5.74) is 2.10. The number of amides is 2. The molecule has 0 aromatic heterocycles. The van der Waals surface area contributed by atoms with Crippen molar-refractivity contribution >= 4 is 39.1 Å². The summed E-state index contributed by atoms with van der Waals surface area (Å²) < 4.78 is 34.9. The molecule has 0 radical (unpaired) electrons. The number of nitrogens with zero attached hydrogens (tertiary/aromatic N) is 2. The normalized spacial score (nSPS) is 12.1. The van der Waals surface area contributed by atoms with Gasteiger partial charge >= 0.3 is 0 Å². The molecule has 0 bridgehead atoms. The fourth-order valence-electron chi connectivity index (χ4n) is 4.38. The van der Waals surface area contributed by atoms with Gasteiger partial charge < -0.3 is 15.0 Å². The fourth-order valence-corrected chi connectivity index (χ4v) is 5.93. The van der Waals surface area contributed by atoms with Gasteiger partial charge in [-0.05, 0) is 76.1 Å². The van der Waals surface area contributed by atoms with Gasteiger partial charge in [-0.25, -0.2) is 8.42 Å². The molecule has 0 heterocycles. The standard InChI is InChI=1S/C31H38ClN3O5S/c1-6-27(31(37)33-22(3)4)34(20-24-14-12-23(5)13-15-24)30(36)21-35(28-10-8-9-11-29(28)40-7-2)41(38,39)26-18-16-25(32)17-19-26/h8-19,22,27H,6-7,20-21H2,1-5H3,(H,33,37). The Morgan fingerprint density at radius 1 is 0.951 bits per heavy atom. The number of ether oxygens (including phenoxy) is 1. The van der Waals surface area contributed by atoms with Gasteiger partial charge in [-0.1, -0.05) is 60.5 Å². The predicted octanol–water partition coefficient (Wildman–Crippen LogP) is 5.57. The Morgan fingerprint density at radius 3 is 2.17 bits per heavy atom. The number of hydrogen-bond acceptors (Lipinski definition) is 5. The van der Waals surface area contributed by atoms with Crippen molar-refractivity contribution in [2.75, 3.05) is 17.5 Å². The van der Waals surface area contributed by atoms with Crippen LogP contribution in [0.2, 0.25) is 5.02 Å². The van der Waals surface area contributed by atoms with Crippen LogP contribution in [0.25, 0.3) is 0 Å². The van der Waals surface area contributed by atoms with Crippen molar-refractivity contribution in [3.63, 3.8) is 0 Å². The summed E-state index contributed by atoms with van der Waals surface area (Å²) in [6.45, 7) is 9.16. The lowest BCUT2D eigenvalue weighted by Crippen LogP contribution is -2.53. The summed E-state index contributed by atoms with van der Waals surface area (Å²) in [6.07, 6.45) is 0.343. The lowest BCUT2D eigenvalue weighted by Gasteiger charge is -2.34. The smallest absolute Gasteiger partial charge is 0.264 e. The van der Waals surface area contributed by atoms with Crippen molar-refractivity contribution in [1.82, 2.24) is 10.2 Å². The van der Waals surface area contributed by atoms with E-state index in [0.717, 1.165) is 15.4 Å². The highest BCUT2D eigenvalue weighted by Gasteiger charge is 2.34. The van der Waals surface area contributed by atoms with Crippen molar-refractivity contribution in [1.29, 1.82) is 0 Å². The highest BCUT2D eigenvalue weighted by molar-refractivity contribution is 7.92. The minimum atomic E-state index is -4.24. The molecule has 0 aliphatic rings. The number of aryl methyl sites for hydroxylation is 1. The average Bonchev–Trinajstić information content (AvgIpc) is 2.93. The molecule has 0 fully saturated rings. The number of hydrogen-bond donors (Lipinski definition) is 1. The van der Waals surface area contributed by atoms with Crippen LogP contribution in [-0.2, 0) is 26.2 Å². The SMILES string of the molecule is CCOc1ccccc1N(CC(=O)N(Cc1ccc(C)cc1)C(CC)C(=O)NC(C)C)S(=O)(=O)c1ccc(Cl)cc1. The van der Waals surface area contributed by atoms with E-state index in [1.807, 2.05) is 52.0 Å². The Morgan fingerprint density at radius 2 is 1.59 bits per heavy atom. The van der Waals surface area contributed by atoms with Gasteiger partial charge in [0.2, 0.25) is 11.8 Å². The minimum absolute atomic E-state index is 0.0318. The molecular formula is C31H38ClN3O5S. The largest absolute Gasteiger partial charge is 0.492 e. The maximum Gasteiger partial charge on any atom is 0.264 e. The molecule has 3 aromatic rings. The number of benzene rings is 3. The van der Waals surface area contributed by atoms with Gasteiger partial charge in [-0.2, -0.15) is 0 Å². The lowest BCUT2D eigenvalue weighted by atomic mass is 10.1. The van der Waals surface area contributed by atoms with E-state index in [1.54, 1.807) is 31.2 Å². The van der Waals surface area contributed by atoms with E-state index in [4.69, 9.17) is 16.3 Å². The number of sulfonamides is 1. The number of rotatable bonds is 13. The molecule has 1 unspecified atom stereocenters. The van der Waals surface area contributed by atoms with E-state index in [-0.39, 0.29) is 29.1 Å². The molecule has 1 atom stereocenters. The van der Waals surface area contributed by atoms with Crippen LogP contribution in [0.3, 0.4) is 0 Å². The molecule has 41 heavy (non-hydrogen) atoms. The topological polar surface area (TPSA) is 96.0 Å². The number of carbonyl (C=O) groups is 2. The zero-order valence-corrected chi connectivity index (χ0v) is 25.7. The van der Waals surface area contributed by atoms with Crippen molar-refractivity contribution in [2.24, 2.45) is 0 Å². The second-order valence-electron chi connectivity index (χ2n) is 9.96. The summed E-state index contributed by atoms with van der Waals surface area (Å²) in [4.78, 5) is 28.8. The van der Waals surface area contributed by atoms with Gasteiger partial charge in [0, 0.05) is 17.6 Å². The van der Waals surface area contributed by atoms with Gasteiger partial charge in [-0.15, -0.1) is 0 Å². The molecule has 1 N–H and O–H groups in total. The number of halogens is 1. The van der Waals surface area contributed by atoms with Gasteiger partial charge in [-0.3, -0.25) is 13.9 Å². The summed E-state index contributed by atoms with van der Waals surface area (Å²) >= 11 is 6.03. The van der Waals surface area contributed by atoms with Gasteiger partial charge in [0.1, 0.15) is 18.3 Å². The molecule has 10 heteroatoms. The first kappa shape index (κ1) is 32.0. The summed E-state index contributed by atoms with van der Waals surface area (Å²) in [7, 11) is -4.24. The summed E-state index contributed by atoms with van der Waals surface area (Å²) in [5.74, 6) is -0.514. The number of anilines is 1. The fraction of sp³-hybridized carbons (Fsp3) is 0.355. The van der Waals surface area contributed by atoms with E-state index in [9.17, 15) is 18.0 Å². The van der Waals surface area contributed by atoms with Crippen LogP contribution in [0.4, 0.5) is 5.69 Å². The third kappa shape index (κ3) is 8.24. The quantitative estimate of drug-likeness (QED) is 0.277. The second-order valence-corrected chi connectivity index (χ2v) is 12.3. The number of nitrogens with one attached hydrogen (secondary N) is 1. The average molecular weight is 600 g/mol. The second kappa shape index (κ2) is 14.4. The van der Waals surface area contributed by atoms with Crippen LogP contribution < -0.4 is 14.4 Å². The maximum absolute atomic E-state index is 14.2. The highest BCUT2D eigenvalue weighted by Crippen LogP contribution is 2.33. The summed E-state index contributed by atoms with van der Waals surface area (Å²) in [6, 6.07) is 19.1. The molecule has 8 nitrogen and oxygen atoms in total.